The number of aromatic nitrogens is 4. The van der Waals surface area contributed by atoms with Gasteiger partial charge in [0, 0.05) is 18.0 Å². The van der Waals surface area contributed by atoms with Crippen LogP contribution in [-0.2, 0) is 0 Å². The topological polar surface area (TPSA) is 79.0 Å². The summed E-state index contributed by atoms with van der Waals surface area (Å²) in [5.41, 5.74) is 2.51. The average Bonchev–Trinajstić information content (AvgIpc) is 3.04. The second-order valence-electron chi connectivity index (χ2n) is 3.69. The van der Waals surface area contributed by atoms with Crippen molar-refractivity contribution in [3.8, 4) is 23.1 Å². The van der Waals surface area contributed by atoms with Gasteiger partial charge in [-0.3, -0.25) is 5.10 Å². The van der Waals surface area contributed by atoms with E-state index in [1.165, 1.54) is 0 Å². The predicted molar refractivity (Wildman–Crippen MR) is 64.0 cm³/mol. The van der Waals surface area contributed by atoms with Crippen molar-refractivity contribution in [2.45, 2.75) is 0 Å². The quantitative estimate of drug-likeness (QED) is 0.736. The molecule has 0 saturated carbocycles. The van der Waals surface area contributed by atoms with Crippen LogP contribution >= 0.6 is 0 Å². The van der Waals surface area contributed by atoms with Crippen LogP contribution < -0.4 is 4.74 Å². The lowest BCUT2D eigenvalue weighted by atomic mass is 10.1. The predicted octanol–water partition coefficient (Wildman–Crippen LogP) is 1.60. The van der Waals surface area contributed by atoms with Crippen molar-refractivity contribution < 1.29 is 4.74 Å². The van der Waals surface area contributed by atoms with Crippen molar-refractivity contribution in [1.82, 2.24) is 19.8 Å². The first-order valence-corrected chi connectivity index (χ1v) is 5.29. The van der Waals surface area contributed by atoms with Gasteiger partial charge in [0.2, 0.25) is 0 Å². The summed E-state index contributed by atoms with van der Waals surface area (Å²) in [6.07, 6.45) is 5.12. The summed E-state index contributed by atoms with van der Waals surface area (Å²) in [7, 11) is 1.57. The van der Waals surface area contributed by atoms with Crippen molar-refractivity contribution in [3.05, 3.63) is 36.3 Å². The van der Waals surface area contributed by atoms with E-state index < -0.39 is 0 Å². The van der Waals surface area contributed by atoms with Gasteiger partial charge in [0.1, 0.15) is 28.6 Å². The maximum Gasteiger partial charge on any atom is 0.146 e. The van der Waals surface area contributed by atoms with E-state index in [0.717, 1.165) is 5.56 Å². The average molecular weight is 239 g/mol. The number of pyridine rings is 1. The normalized spacial score (nSPS) is 10.4. The van der Waals surface area contributed by atoms with Crippen LogP contribution in [-0.4, -0.2) is 26.9 Å². The van der Waals surface area contributed by atoms with E-state index in [4.69, 9.17) is 4.74 Å². The standard InChI is InChI=1S/C12H9N5O/c1-18-10-3-2-4-17-12(10)9(5-13)11(16-17)8-6-14-15-7-8/h2-4,6-7H,1H3,(H,14,15). The second kappa shape index (κ2) is 3.89. The van der Waals surface area contributed by atoms with Crippen molar-refractivity contribution in [2.75, 3.05) is 7.11 Å². The molecular weight excluding hydrogens is 230 g/mol. The van der Waals surface area contributed by atoms with Gasteiger partial charge in [-0.1, -0.05) is 0 Å². The molecule has 3 aromatic rings. The molecular formula is C12H9N5O. The third kappa shape index (κ3) is 1.34. The zero-order valence-corrected chi connectivity index (χ0v) is 9.58. The summed E-state index contributed by atoms with van der Waals surface area (Å²) < 4.78 is 6.90. The molecule has 0 unspecified atom stereocenters. The number of nitriles is 1. The fourth-order valence-corrected chi connectivity index (χ4v) is 1.92. The third-order valence-electron chi connectivity index (χ3n) is 2.72. The summed E-state index contributed by atoms with van der Waals surface area (Å²) in [6.45, 7) is 0. The van der Waals surface area contributed by atoms with Crippen molar-refractivity contribution >= 4 is 5.52 Å². The van der Waals surface area contributed by atoms with Crippen molar-refractivity contribution in [3.63, 3.8) is 0 Å². The van der Waals surface area contributed by atoms with Crippen molar-refractivity contribution in [1.29, 1.82) is 5.26 Å². The number of hydrogen-bond acceptors (Lipinski definition) is 4. The second-order valence-corrected chi connectivity index (χ2v) is 3.69. The lowest BCUT2D eigenvalue weighted by Crippen LogP contribution is -1.90. The Kier molecular flexibility index (Phi) is 2.24. The van der Waals surface area contributed by atoms with Gasteiger partial charge < -0.3 is 4.74 Å². The molecule has 0 bridgehead atoms. The summed E-state index contributed by atoms with van der Waals surface area (Å²) in [5.74, 6) is 0.622. The van der Waals surface area contributed by atoms with Crippen LogP contribution in [0.15, 0.2) is 30.7 Å². The Morgan fingerprint density at radius 2 is 2.39 bits per heavy atom. The van der Waals surface area contributed by atoms with Crippen LogP contribution in [0, 0.1) is 11.3 Å². The molecule has 0 saturated heterocycles. The van der Waals surface area contributed by atoms with Gasteiger partial charge >= 0.3 is 0 Å². The van der Waals surface area contributed by atoms with Gasteiger partial charge in [0.05, 0.1) is 13.3 Å². The summed E-state index contributed by atoms with van der Waals surface area (Å²) in [6, 6.07) is 5.80. The smallest absolute Gasteiger partial charge is 0.146 e. The lowest BCUT2D eigenvalue weighted by molar-refractivity contribution is 0.417. The highest BCUT2D eigenvalue weighted by Gasteiger charge is 2.17. The summed E-state index contributed by atoms with van der Waals surface area (Å²) in [4.78, 5) is 0. The SMILES string of the molecule is COc1cccn2nc(-c3cn[nH]c3)c(C#N)c12. The molecule has 3 rings (SSSR count). The van der Waals surface area contributed by atoms with Crippen LogP contribution in [0.25, 0.3) is 16.8 Å². The van der Waals surface area contributed by atoms with Gasteiger partial charge in [0.25, 0.3) is 0 Å². The Hall–Kier alpha value is -2.81. The van der Waals surface area contributed by atoms with E-state index in [1.807, 2.05) is 6.07 Å². The fraction of sp³-hybridized carbons (Fsp3) is 0.0833. The zero-order chi connectivity index (χ0) is 12.5. The first kappa shape index (κ1) is 10.4. The molecule has 0 aliphatic heterocycles. The molecule has 6 heteroatoms. The lowest BCUT2D eigenvalue weighted by Gasteiger charge is -2.01. The molecule has 18 heavy (non-hydrogen) atoms. The van der Waals surface area contributed by atoms with Gasteiger partial charge in [-0.2, -0.15) is 15.5 Å². The molecule has 6 nitrogen and oxygen atoms in total. The number of rotatable bonds is 2. The first-order valence-electron chi connectivity index (χ1n) is 5.29. The minimum absolute atomic E-state index is 0.480. The Morgan fingerprint density at radius 1 is 1.50 bits per heavy atom. The van der Waals surface area contributed by atoms with Gasteiger partial charge in [-0.25, -0.2) is 4.52 Å². The summed E-state index contributed by atoms with van der Waals surface area (Å²) >= 11 is 0. The Balaban J connectivity index is 2.39. The maximum absolute atomic E-state index is 9.33. The molecule has 0 spiro atoms. The Labute approximate surface area is 102 Å². The Morgan fingerprint density at radius 3 is 3.06 bits per heavy atom. The van der Waals surface area contributed by atoms with Gasteiger partial charge in [0.15, 0.2) is 0 Å². The van der Waals surface area contributed by atoms with E-state index in [2.05, 4.69) is 21.4 Å². The Bertz CT molecular complexity index is 736. The fourth-order valence-electron chi connectivity index (χ4n) is 1.92. The minimum Gasteiger partial charge on any atom is -0.494 e. The van der Waals surface area contributed by atoms with Crippen LogP contribution in [0.3, 0.4) is 0 Å². The monoisotopic (exact) mass is 239 g/mol. The number of H-pyrrole nitrogens is 1. The van der Waals surface area contributed by atoms with Crippen LogP contribution in [0.5, 0.6) is 5.75 Å². The maximum atomic E-state index is 9.33. The van der Waals surface area contributed by atoms with E-state index in [1.54, 1.807) is 36.3 Å². The largest absolute Gasteiger partial charge is 0.494 e. The van der Waals surface area contributed by atoms with E-state index in [0.29, 0.717) is 22.5 Å². The van der Waals surface area contributed by atoms with E-state index >= 15 is 0 Å². The molecule has 0 amide bonds. The number of methoxy groups -OCH3 is 1. The van der Waals surface area contributed by atoms with Crippen molar-refractivity contribution in [2.24, 2.45) is 0 Å². The number of nitrogens with zero attached hydrogens (tertiary/aromatic N) is 4. The first-order chi connectivity index (χ1) is 8.85. The molecule has 1 N–H and O–H groups in total. The highest BCUT2D eigenvalue weighted by Crippen LogP contribution is 2.30. The molecule has 3 heterocycles. The number of hydrogen-bond donors (Lipinski definition) is 1. The molecule has 0 aliphatic carbocycles. The molecule has 3 aromatic heterocycles. The van der Waals surface area contributed by atoms with Crippen LogP contribution in [0.2, 0.25) is 0 Å². The molecule has 0 aliphatic rings. The number of aromatic amines is 1. The van der Waals surface area contributed by atoms with Crippen LogP contribution in [0.4, 0.5) is 0 Å². The molecule has 88 valence electrons. The number of nitrogens with one attached hydrogen (secondary N) is 1. The van der Waals surface area contributed by atoms with E-state index in [9.17, 15) is 5.26 Å². The summed E-state index contributed by atoms with van der Waals surface area (Å²) in [5, 5.41) is 20.3. The number of ether oxygens (including phenoxy) is 1. The molecule has 0 radical (unpaired) electrons. The minimum atomic E-state index is 0.480. The molecule has 0 atom stereocenters. The highest BCUT2D eigenvalue weighted by atomic mass is 16.5. The van der Waals surface area contributed by atoms with Gasteiger partial charge in [-0.15, -0.1) is 0 Å². The molecule has 0 fully saturated rings. The number of fused-ring (bicyclic) bond motifs is 1. The zero-order valence-electron chi connectivity index (χ0n) is 9.58. The van der Waals surface area contributed by atoms with E-state index in [-0.39, 0.29) is 0 Å². The molecule has 0 aromatic carbocycles. The highest BCUT2D eigenvalue weighted by molar-refractivity contribution is 5.80. The van der Waals surface area contributed by atoms with Gasteiger partial charge in [-0.05, 0) is 12.1 Å². The van der Waals surface area contributed by atoms with Crippen LogP contribution in [0.1, 0.15) is 5.56 Å². The third-order valence-corrected chi connectivity index (χ3v) is 2.72.